The molecule has 0 heterocycles. The van der Waals surface area contributed by atoms with Gasteiger partial charge in [0.05, 0.1) is 6.61 Å². The molecule has 105 valence electrons. The fourth-order valence-corrected chi connectivity index (χ4v) is 2.50. The molecule has 0 aliphatic heterocycles. The van der Waals surface area contributed by atoms with Crippen molar-refractivity contribution in [1.29, 1.82) is 0 Å². The first-order chi connectivity index (χ1) is 9.69. The highest BCUT2D eigenvalue weighted by Crippen LogP contribution is 2.39. The Labute approximate surface area is 119 Å². The van der Waals surface area contributed by atoms with E-state index in [1.165, 1.54) is 6.07 Å². The van der Waals surface area contributed by atoms with Gasteiger partial charge in [0.2, 0.25) is 0 Å². The molecule has 0 unspecified atom stereocenters. The first-order valence-corrected chi connectivity index (χ1v) is 6.71. The topological polar surface area (TPSA) is 49.7 Å². The molecule has 3 heteroatoms. The molecule has 0 saturated heterocycles. The smallest absolute Gasteiger partial charge is 0.127 e. The Balaban J connectivity index is 2.64. The lowest BCUT2D eigenvalue weighted by Crippen LogP contribution is -2.02. The minimum Gasteiger partial charge on any atom is -0.508 e. The fraction of sp³-hybridized carbons (Fsp3) is 0.294. The van der Waals surface area contributed by atoms with Gasteiger partial charge < -0.3 is 14.9 Å². The van der Waals surface area contributed by atoms with Crippen molar-refractivity contribution < 1.29 is 14.9 Å². The standard InChI is InChI=1S/C17H19O3/c1-3-13-14(9-10-20-2)17(16(19)11-15(13)18)12-7-5-4-6-8-12/h5-8,11,18-19H,3,9-10H2,1-2H3. The summed E-state index contributed by atoms with van der Waals surface area (Å²) in [5.74, 6) is 0.236. The third kappa shape index (κ3) is 2.78. The van der Waals surface area contributed by atoms with Crippen molar-refractivity contribution in [3.05, 3.63) is 47.5 Å². The molecule has 0 bridgehead atoms. The first-order valence-electron chi connectivity index (χ1n) is 6.71. The fourth-order valence-electron chi connectivity index (χ4n) is 2.50. The lowest BCUT2D eigenvalue weighted by molar-refractivity contribution is 0.202. The number of hydrogen-bond donors (Lipinski definition) is 2. The SMILES string of the molecule is CCc1c(O)cc(O)c(-c2cc[c]cc2)c1CCOC. The summed E-state index contributed by atoms with van der Waals surface area (Å²) >= 11 is 0. The molecule has 1 radical (unpaired) electrons. The number of phenolic OH excluding ortho intramolecular Hbond substituents is 2. The van der Waals surface area contributed by atoms with Gasteiger partial charge in [0, 0.05) is 18.7 Å². The van der Waals surface area contributed by atoms with Gasteiger partial charge >= 0.3 is 0 Å². The van der Waals surface area contributed by atoms with Crippen molar-refractivity contribution in [1.82, 2.24) is 0 Å². The van der Waals surface area contributed by atoms with Gasteiger partial charge in [0.15, 0.2) is 0 Å². The van der Waals surface area contributed by atoms with Crippen molar-refractivity contribution in [2.75, 3.05) is 13.7 Å². The predicted molar refractivity (Wildman–Crippen MR) is 79.0 cm³/mol. The molecular weight excluding hydrogens is 252 g/mol. The second-order valence-corrected chi connectivity index (χ2v) is 4.63. The molecule has 0 aromatic heterocycles. The molecule has 0 aliphatic rings. The highest BCUT2D eigenvalue weighted by Gasteiger charge is 2.17. The van der Waals surface area contributed by atoms with Crippen LogP contribution in [0, 0.1) is 6.07 Å². The van der Waals surface area contributed by atoms with Gasteiger partial charge in [-0.3, -0.25) is 0 Å². The molecule has 2 rings (SSSR count). The average Bonchev–Trinajstić information content (AvgIpc) is 2.45. The van der Waals surface area contributed by atoms with Gasteiger partial charge in [-0.25, -0.2) is 0 Å². The molecule has 20 heavy (non-hydrogen) atoms. The van der Waals surface area contributed by atoms with Crippen LogP contribution in [0.1, 0.15) is 18.1 Å². The van der Waals surface area contributed by atoms with Gasteiger partial charge in [-0.15, -0.1) is 0 Å². The van der Waals surface area contributed by atoms with Gasteiger partial charge in [-0.1, -0.05) is 31.2 Å². The van der Waals surface area contributed by atoms with Crippen molar-refractivity contribution in [3.63, 3.8) is 0 Å². The Morgan fingerprint density at radius 2 is 1.80 bits per heavy atom. The van der Waals surface area contributed by atoms with Gasteiger partial charge in [0.1, 0.15) is 11.5 Å². The monoisotopic (exact) mass is 271 g/mol. The van der Waals surface area contributed by atoms with Gasteiger partial charge in [-0.2, -0.15) is 0 Å². The molecular formula is C17H19O3. The Kier molecular flexibility index (Phi) is 4.64. The quantitative estimate of drug-likeness (QED) is 0.877. The zero-order valence-electron chi connectivity index (χ0n) is 11.8. The zero-order chi connectivity index (χ0) is 14.5. The summed E-state index contributed by atoms with van der Waals surface area (Å²) in [4.78, 5) is 0. The summed E-state index contributed by atoms with van der Waals surface area (Å²) in [5.41, 5.74) is 3.49. The summed E-state index contributed by atoms with van der Waals surface area (Å²) in [6.07, 6.45) is 1.35. The van der Waals surface area contributed by atoms with Gasteiger partial charge in [0.25, 0.3) is 0 Å². The van der Waals surface area contributed by atoms with Crippen LogP contribution < -0.4 is 0 Å². The van der Waals surface area contributed by atoms with Crippen molar-refractivity contribution in [2.24, 2.45) is 0 Å². The maximum absolute atomic E-state index is 10.2. The zero-order valence-corrected chi connectivity index (χ0v) is 11.8. The van der Waals surface area contributed by atoms with Crippen LogP contribution in [0.25, 0.3) is 11.1 Å². The Bertz CT molecular complexity index is 577. The Morgan fingerprint density at radius 1 is 1.10 bits per heavy atom. The molecule has 0 atom stereocenters. The third-order valence-electron chi connectivity index (χ3n) is 3.42. The minimum atomic E-state index is 0.0944. The van der Waals surface area contributed by atoms with E-state index in [0.717, 1.165) is 22.3 Å². The normalized spacial score (nSPS) is 10.7. The number of methoxy groups -OCH3 is 1. The number of phenols is 2. The summed E-state index contributed by atoms with van der Waals surface area (Å²) in [5, 5.41) is 20.3. The largest absolute Gasteiger partial charge is 0.508 e. The van der Waals surface area contributed by atoms with E-state index in [4.69, 9.17) is 4.74 Å². The lowest BCUT2D eigenvalue weighted by Gasteiger charge is -2.17. The second kappa shape index (κ2) is 6.44. The van der Waals surface area contributed by atoms with E-state index in [9.17, 15) is 10.2 Å². The summed E-state index contributed by atoms with van der Waals surface area (Å²) in [6, 6.07) is 11.8. The highest BCUT2D eigenvalue weighted by molar-refractivity contribution is 5.76. The minimum absolute atomic E-state index is 0.0944. The number of ether oxygens (including phenoxy) is 1. The van der Waals surface area contributed by atoms with E-state index in [1.54, 1.807) is 7.11 Å². The van der Waals surface area contributed by atoms with Crippen LogP contribution in [0.4, 0.5) is 0 Å². The number of aromatic hydroxyl groups is 2. The molecule has 2 aromatic rings. The molecule has 0 saturated carbocycles. The third-order valence-corrected chi connectivity index (χ3v) is 3.42. The second-order valence-electron chi connectivity index (χ2n) is 4.63. The van der Waals surface area contributed by atoms with Gasteiger partial charge in [-0.05, 0) is 35.6 Å². The molecule has 0 amide bonds. The Morgan fingerprint density at radius 3 is 2.40 bits per heavy atom. The van der Waals surface area contributed by atoms with Crippen LogP contribution in [0.15, 0.2) is 30.3 Å². The van der Waals surface area contributed by atoms with Crippen molar-refractivity contribution >= 4 is 0 Å². The first kappa shape index (κ1) is 14.4. The number of hydrogen-bond acceptors (Lipinski definition) is 3. The van der Waals surface area contributed by atoms with E-state index >= 15 is 0 Å². The van der Waals surface area contributed by atoms with Crippen LogP contribution in [0.2, 0.25) is 0 Å². The highest BCUT2D eigenvalue weighted by atomic mass is 16.5. The molecule has 0 fully saturated rings. The van der Waals surface area contributed by atoms with Crippen LogP contribution in [0.5, 0.6) is 11.5 Å². The predicted octanol–water partition coefficient (Wildman–Crippen LogP) is 3.32. The maximum atomic E-state index is 10.2. The summed E-state index contributed by atoms with van der Waals surface area (Å²) < 4.78 is 5.15. The average molecular weight is 271 g/mol. The summed E-state index contributed by atoms with van der Waals surface area (Å²) in [6.45, 7) is 2.53. The van der Waals surface area contributed by atoms with E-state index in [2.05, 4.69) is 6.07 Å². The van der Waals surface area contributed by atoms with E-state index < -0.39 is 0 Å². The van der Waals surface area contributed by atoms with Crippen LogP contribution >= 0.6 is 0 Å². The maximum Gasteiger partial charge on any atom is 0.127 e. The van der Waals surface area contributed by atoms with Crippen LogP contribution in [-0.4, -0.2) is 23.9 Å². The lowest BCUT2D eigenvalue weighted by atomic mass is 9.91. The van der Waals surface area contributed by atoms with Crippen molar-refractivity contribution in [3.8, 4) is 22.6 Å². The Hall–Kier alpha value is -2.00. The molecule has 2 aromatic carbocycles. The van der Waals surface area contributed by atoms with E-state index in [0.29, 0.717) is 19.4 Å². The summed E-state index contributed by atoms with van der Waals surface area (Å²) in [7, 11) is 1.64. The van der Waals surface area contributed by atoms with E-state index in [1.807, 2.05) is 31.2 Å². The molecule has 2 N–H and O–H groups in total. The molecule has 3 nitrogen and oxygen atoms in total. The number of benzene rings is 2. The van der Waals surface area contributed by atoms with Crippen LogP contribution in [0.3, 0.4) is 0 Å². The van der Waals surface area contributed by atoms with Crippen LogP contribution in [-0.2, 0) is 17.6 Å². The molecule has 0 spiro atoms. The van der Waals surface area contributed by atoms with Crippen molar-refractivity contribution in [2.45, 2.75) is 19.8 Å². The van der Waals surface area contributed by atoms with E-state index in [-0.39, 0.29) is 11.5 Å². The molecule has 0 aliphatic carbocycles. The number of rotatable bonds is 5.